The molecule has 0 radical (unpaired) electrons. The average Bonchev–Trinajstić information content (AvgIpc) is 3.19. The van der Waals surface area contributed by atoms with Gasteiger partial charge in [0.25, 0.3) is 0 Å². The molecule has 23 heavy (non-hydrogen) atoms. The fourth-order valence-electron chi connectivity index (χ4n) is 2.99. The lowest BCUT2D eigenvalue weighted by Crippen LogP contribution is -2.32. The number of aryl methyl sites for hydroxylation is 1. The van der Waals surface area contributed by atoms with Crippen LogP contribution in [-0.4, -0.2) is 38.8 Å². The number of hydrogen-bond donors (Lipinski definition) is 1. The van der Waals surface area contributed by atoms with Crippen molar-refractivity contribution in [1.29, 1.82) is 0 Å². The van der Waals surface area contributed by atoms with Crippen molar-refractivity contribution in [2.24, 2.45) is 7.05 Å². The highest BCUT2D eigenvalue weighted by Crippen LogP contribution is 2.31. The van der Waals surface area contributed by atoms with Gasteiger partial charge in [-0.25, -0.2) is 0 Å². The molecule has 1 N–H and O–H groups in total. The Labute approximate surface area is 135 Å². The molecule has 0 saturated carbocycles. The van der Waals surface area contributed by atoms with E-state index >= 15 is 0 Å². The smallest absolute Gasteiger partial charge is 0.240 e. The summed E-state index contributed by atoms with van der Waals surface area (Å²) >= 11 is 0. The predicted molar refractivity (Wildman–Crippen MR) is 86.0 cm³/mol. The molecule has 0 aliphatic carbocycles. The molecule has 1 fully saturated rings. The van der Waals surface area contributed by atoms with Gasteiger partial charge in [0.15, 0.2) is 0 Å². The second-order valence-corrected chi connectivity index (χ2v) is 6.39. The molecule has 2 aromatic rings. The Morgan fingerprint density at radius 3 is 3.00 bits per heavy atom. The van der Waals surface area contributed by atoms with E-state index in [1.165, 1.54) is 5.56 Å². The fourth-order valence-corrected chi connectivity index (χ4v) is 2.99. The van der Waals surface area contributed by atoms with Crippen molar-refractivity contribution in [3.63, 3.8) is 0 Å². The van der Waals surface area contributed by atoms with Gasteiger partial charge in [0.1, 0.15) is 0 Å². The molecule has 2 aromatic heterocycles. The van der Waals surface area contributed by atoms with Crippen molar-refractivity contribution in [3.8, 4) is 0 Å². The number of aromatic nitrogens is 3. The summed E-state index contributed by atoms with van der Waals surface area (Å²) < 4.78 is 6.96. The van der Waals surface area contributed by atoms with Crippen LogP contribution in [0.4, 0.5) is 5.88 Å². The number of likely N-dealkylation sites (tertiary alicyclic amines) is 1. The molecule has 1 atom stereocenters. The van der Waals surface area contributed by atoms with Gasteiger partial charge in [-0.1, -0.05) is 19.0 Å². The maximum absolute atomic E-state index is 12.3. The first kappa shape index (κ1) is 15.7. The second kappa shape index (κ2) is 6.54. The Morgan fingerprint density at radius 1 is 1.52 bits per heavy atom. The van der Waals surface area contributed by atoms with Gasteiger partial charge in [-0.05, 0) is 25.3 Å². The molecular weight excluding hydrogens is 294 g/mol. The molecule has 7 heteroatoms. The average molecular weight is 317 g/mol. The Bertz CT molecular complexity index is 676. The molecule has 1 saturated heterocycles. The van der Waals surface area contributed by atoms with Gasteiger partial charge < -0.3 is 4.52 Å². The van der Waals surface area contributed by atoms with Crippen LogP contribution in [0.25, 0.3) is 0 Å². The Kier molecular flexibility index (Phi) is 4.47. The molecule has 1 aliphatic rings. The number of nitrogens with zero attached hydrogens (tertiary/aromatic N) is 4. The molecule has 1 amide bonds. The number of rotatable bonds is 5. The first-order chi connectivity index (χ1) is 11.0. The van der Waals surface area contributed by atoms with Crippen molar-refractivity contribution in [2.75, 3.05) is 18.4 Å². The Hall–Kier alpha value is -2.15. The highest BCUT2D eigenvalue weighted by Gasteiger charge is 2.28. The molecule has 0 aromatic carbocycles. The minimum absolute atomic E-state index is 0.0766. The third kappa shape index (κ3) is 3.61. The second-order valence-electron chi connectivity index (χ2n) is 6.39. The lowest BCUT2D eigenvalue weighted by Gasteiger charge is -2.22. The van der Waals surface area contributed by atoms with E-state index in [9.17, 15) is 4.79 Å². The van der Waals surface area contributed by atoms with Crippen LogP contribution in [0, 0.1) is 0 Å². The zero-order chi connectivity index (χ0) is 16.4. The lowest BCUT2D eigenvalue weighted by molar-refractivity contribution is -0.117. The van der Waals surface area contributed by atoms with Gasteiger partial charge in [-0.15, -0.1) is 0 Å². The van der Waals surface area contributed by atoms with Gasteiger partial charge >= 0.3 is 0 Å². The quantitative estimate of drug-likeness (QED) is 0.916. The lowest BCUT2D eigenvalue weighted by atomic mass is 10.1. The molecule has 7 nitrogen and oxygen atoms in total. The molecule has 3 rings (SSSR count). The fraction of sp³-hybridized carbons (Fsp3) is 0.562. The standard InChI is InChI=1S/C16H23N5O2/c1-11(2)13-7-16(23-19-13)18-15(22)10-21-6-4-5-14(21)12-8-17-20(3)9-12/h7-9,11,14H,4-6,10H2,1-3H3,(H,18,22). The monoisotopic (exact) mass is 317 g/mol. The van der Waals surface area contributed by atoms with Crippen LogP contribution in [0.1, 0.15) is 49.9 Å². The number of anilines is 1. The first-order valence-corrected chi connectivity index (χ1v) is 8.02. The summed E-state index contributed by atoms with van der Waals surface area (Å²) in [6.45, 7) is 5.33. The van der Waals surface area contributed by atoms with Crippen LogP contribution in [-0.2, 0) is 11.8 Å². The van der Waals surface area contributed by atoms with Crippen LogP contribution >= 0.6 is 0 Å². The minimum Gasteiger partial charge on any atom is -0.338 e. The minimum atomic E-state index is -0.0766. The van der Waals surface area contributed by atoms with E-state index < -0.39 is 0 Å². The molecule has 1 aliphatic heterocycles. The number of hydrogen-bond acceptors (Lipinski definition) is 5. The maximum Gasteiger partial charge on any atom is 0.240 e. The maximum atomic E-state index is 12.3. The molecule has 3 heterocycles. The summed E-state index contributed by atoms with van der Waals surface area (Å²) in [6, 6.07) is 2.04. The molecular formula is C16H23N5O2. The van der Waals surface area contributed by atoms with Crippen LogP contribution in [0.2, 0.25) is 0 Å². The molecule has 0 bridgehead atoms. The van der Waals surface area contributed by atoms with Crippen LogP contribution in [0.3, 0.4) is 0 Å². The van der Waals surface area contributed by atoms with Crippen molar-refractivity contribution in [1.82, 2.24) is 19.8 Å². The van der Waals surface area contributed by atoms with E-state index in [0.717, 1.165) is 25.1 Å². The first-order valence-electron chi connectivity index (χ1n) is 8.02. The number of nitrogens with one attached hydrogen (secondary N) is 1. The van der Waals surface area contributed by atoms with E-state index in [2.05, 4.69) is 20.5 Å². The van der Waals surface area contributed by atoms with Crippen molar-refractivity contribution in [2.45, 2.75) is 38.6 Å². The summed E-state index contributed by atoms with van der Waals surface area (Å²) in [5, 5.41) is 11.0. The normalized spacial score (nSPS) is 18.7. The van der Waals surface area contributed by atoms with Crippen molar-refractivity contribution >= 4 is 11.8 Å². The SMILES string of the molecule is CC(C)c1cc(NC(=O)CN2CCCC2c2cnn(C)c2)on1. The van der Waals surface area contributed by atoms with Crippen LogP contribution in [0.15, 0.2) is 23.0 Å². The van der Waals surface area contributed by atoms with E-state index in [1.807, 2.05) is 33.3 Å². The Balaban J connectivity index is 1.60. The summed E-state index contributed by atoms with van der Waals surface area (Å²) in [7, 11) is 1.91. The highest BCUT2D eigenvalue weighted by atomic mass is 16.5. The zero-order valence-corrected chi connectivity index (χ0v) is 13.8. The van der Waals surface area contributed by atoms with Gasteiger partial charge in [0.2, 0.25) is 11.8 Å². The third-order valence-electron chi connectivity index (χ3n) is 4.20. The largest absolute Gasteiger partial charge is 0.338 e. The summed E-state index contributed by atoms with van der Waals surface area (Å²) in [4.78, 5) is 14.5. The van der Waals surface area contributed by atoms with Gasteiger partial charge in [0, 0.05) is 30.9 Å². The third-order valence-corrected chi connectivity index (χ3v) is 4.20. The topological polar surface area (TPSA) is 76.2 Å². The summed E-state index contributed by atoms with van der Waals surface area (Å²) in [5.74, 6) is 0.612. The van der Waals surface area contributed by atoms with E-state index in [-0.39, 0.29) is 17.9 Å². The van der Waals surface area contributed by atoms with E-state index in [0.29, 0.717) is 12.4 Å². The van der Waals surface area contributed by atoms with Gasteiger partial charge in [-0.2, -0.15) is 5.10 Å². The van der Waals surface area contributed by atoms with Crippen LogP contribution < -0.4 is 5.32 Å². The van der Waals surface area contributed by atoms with Gasteiger partial charge in [0.05, 0.1) is 18.4 Å². The van der Waals surface area contributed by atoms with E-state index in [1.54, 1.807) is 10.7 Å². The number of amides is 1. The highest BCUT2D eigenvalue weighted by molar-refractivity contribution is 5.91. The molecule has 1 unspecified atom stereocenters. The summed E-state index contributed by atoms with van der Waals surface area (Å²) in [5.41, 5.74) is 2.01. The predicted octanol–water partition coefficient (Wildman–Crippen LogP) is 2.31. The molecule has 124 valence electrons. The van der Waals surface area contributed by atoms with E-state index in [4.69, 9.17) is 4.52 Å². The number of carbonyl (C=O) groups excluding carboxylic acids is 1. The zero-order valence-electron chi connectivity index (χ0n) is 13.8. The van der Waals surface area contributed by atoms with Crippen molar-refractivity contribution in [3.05, 3.63) is 29.7 Å². The Morgan fingerprint density at radius 2 is 2.35 bits per heavy atom. The summed E-state index contributed by atoms with van der Waals surface area (Å²) in [6.07, 6.45) is 6.05. The molecule has 0 spiro atoms. The van der Waals surface area contributed by atoms with Crippen molar-refractivity contribution < 1.29 is 9.32 Å². The van der Waals surface area contributed by atoms with Gasteiger partial charge in [-0.3, -0.25) is 19.7 Å². The number of carbonyl (C=O) groups is 1. The van der Waals surface area contributed by atoms with Crippen LogP contribution in [0.5, 0.6) is 0 Å².